The van der Waals surface area contributed by atoms with Crippen LogP contribution in [0.2, 0.25) is 0 Å². The van der Waals surface area contributed by atoms with Crippen molar-refractivity contribution in [2.45, 2.75) is 61.4 Å². The predicted molar refractivity (Wildman–Crippen MR) is 115 cm³/mol. The first-order valence-corrected chi connectivity index (χ1v) is 14.3. The van der Waals surface area contributed by atoms with Crippen LogP contribution in [0.5, 0.6) is 0 Å². The second-order valence-electron chi connectivity index (χ2n) is 7.72. The Morgan fingerprint density at radius 1 is 0.718 bits per heavy atom. The molecule has 0 aromatic rings. The highest BCUT2D eigenvalue weighted by Crippen LogP contribution is 2.34. The Morgan fingerprint density at radius 2 is 1.26 bits per heavy atom. The first-order chi connectivity index (χ1) is 17.8. The molecule has 2 aliphatic rings. The maximum Gasteiger partial charge on any atom is 0.397 e. The van der Waals surface area contributed by atoms with Crippen molar-refractivity contribution in [1.82, 2.24) is 0 Å². The summed E-state index contributed by atoms with van der Waals surface area (Å²) in [5.41, 5.74) is 0. The fourth-order valence-electron chi connectivity index (χ4n) is 3.82. The molecule has 10 atom stereocenters. The average Bonchev–Trinajstić information content (AvgIpc) is 2.78. The third-order valence-electron chi connectivity index (χ3n) is 5.27. The summed E-state index contributed by atoms with van der Waals surface area (Å²) in [6.07, 6.45) is -19.8. The van der Waals surface area contributed by atoms with Gasteiger partial charge in [-0.1, -0.05) is 0 Å². The van der Waals surface area contributed by atoms with Gasteiger partial charge in [0.25, 0.3) is 0 Å². The summed E-state index contributed by atoms with van der Waals surface area (Å²) in [7, 11) is -13.2. The van der Waals surface area contributed by atoms with Crippen molar-refractivity contribution >= 4 is 37.2 Å². The zero-order valence-corrected chi connectivity index (χ0v) is 22.4. The summed E-state index contributed by atoms with van der Waals surface area (Å²) in [4.78, 5) is 11.6. The van der Waals surface area contributed by atoms with Gasteiger partial charge in [0.2, 0.25) is 0 Å². The molecule has 230 valence electrons. The molecule has 0 aliphatic carbocycles. The molecule has 0 unspecified atom stereocenters. The van der Waals surface area contributed by atoms with Gasteiger partial charge >= 0.3 is 37.2 Å². The van der Waals surface area contributed by atoms with Crippen molar-refractivity contribution in [3.8, 4) is 0 Å². The van der Waals surface area contributed by atoms with E-state index in [2.05, 4.69) is 12.5 Å². The Labute approximate surface area is 221 Å². The lowest BCUT2D eigenvalue weighted by Crippen LogP contribution is -2.66. The molecule has 24 heteroatoms. The summed E-state index contributed by atoms with van der Waals surface area (Å²) < 4.78 is 140. The molecule has 2 rings (SSSR count). The summed E-state index contributed by atoms with van der Waals surface area (Å²) in [5, 5.41) is 19.7. The maximum absolute atomic E-state index is 11.6. The third-order valence-corrected chi connectivity index (χ3v) is 6.63. The molecule has 21 nitrogen and oxygen atoms in total. The first-order valence-electron chi connectivity index (χ1n) is 10.2. The quantitative estimate of drug-likeness (QED) is 0.120. The highest BCUT2D eigenvalue weighted by atomic mass is 32.3. The topological polar surface area (TPSA) is 304 Å². The number of methoxy groups -OCH3 is 3. The van der Waals surface area contributed by atoms with Gasteiger partial charge < -0.3 is 38.6 Å². The number of carboxylic acid groups (broad SMARTS) is 1. The molecule has 39 heavy (non-hydrogen) atoms. The lowest BCUT2D eigenvalue weighted by atomic mass is 9.96. The van der Waals surface area contributed by atoms with Crippen molar-refractivity contribution in [2.24, 2.45) is 0 Å². The number of aliphatic hydroxyl groups excluding tert-OH is 1. The zero-order chi connectivity index (χ0) is 29.9. The minimum Gasteiger partial charge on any atom is -0.479 e. The summed E-state index contributed by atoms with van der Waals surface area (Å²) in [6, 6.07) is 0. The van der Waals surface area contributed by atoms with E-state index in [9.17, 15) is 49.4 Å². The van der Waals surface area contributed by atoms with Gasteiger partial charge in [0, 0.05) is 21.3 Å². The van der Waals surface area contributed by atoms with Gasteiger partial charge in [-0.15, -0.1) is 0 Å². The molecule has 2 saturated heterocycles. The van der Waals surface area contributed by atoms with E-state index in [1.54, 1.807) is 0 Å². The number of rotatable bonds is 13. The lowest BCUT2D eigenvalue weighted by molar-refractivity contribution is -0.351. The number of hydrogen-bond donors (Lipinski definition) is 5. The van der Waals surface area contributed by atoms with Gasteiger partial charge in [0.1, 0.15) is 36.6 Å². The number of ether oxygens (including phenoxy) is 6. The molecule has 5 N–H and O–H groups in total. The van der Waals surface area contributed by atoms with Gasteiger partial charge in [-0.2, -0.15) is 25.3 Å². The Morgan fingerprint density at radius 3 is 1.69 bits per heavy atom. The van der Waals surface area contributed by atoms with Gasteiger partial charge in [-0.05, 0) is 0 Å². The summed E-state index contributed by atoms with van der Waals surface area (Å²) in [6.45, 7) is -1.23. The lowest BCUT2D eigenvalue weighted by Gasteiger charge is -2.47. The predicted octanol–water partition coefficient (Wildman–Crippen LogP) is -3.86. The average molecular weight is 639 g/mol. The van der Waals surface area contributed by atoms with E-state index in [1.165, 1.54) is 0 Å². The molecular formula is C15H26O21S3. The van der Waals surface area contributed by atoms with Crippen LogP contribution < -0.4 is 0 Å². The number of aliphatic carboxylic acids is 1. The van der Waals surface area contributed by atoms with E-state index in [4.69, 9.17) is 33.0 Å². The Kier molecular flexibility index (Phi) is 11.5. The van der Waals surface area contributed by atoms with Crippen LogP contribution in [-0.4, -0.2) is 144 Å². The van der Waals surface area contributed by atoms with Crippen LogP contribution in [-0.2, 0) is 77.0 Å². The van der Waals surface area contributed by atoms with Crippen LogP contribution in [0, 0.1) is 0 Å². The second kappa shape index (κ2) is 13.2. The van der Waals surface area contributed by atoms with E-state index in [1.807, 2.05) is 0 Å². The van der Waals surface area contributed by atoms with Gasteiger partial charge in [-0.3, -0.25) is 13.7 Å². The monoisotopic (exact) mass is 638 g/mol. The van der Waals surface area contributed by atoms with Crippen LogP contribution in [0.3, 0.4) is 0 Å². The zero-order valence-electron chi connectivity index (χ0n) is 20.0. The molecule has 2 fully saturated rings. The molecule has 0 aromatic carbocycles. The number of carbonyl (C=O) groups is 1. The SMILES string of the molecule is CO[C@H]1O[C@H](COS(=O)(=O)O)[C@H](O[C@H]2O[C@@H](C(=O)O)[C@@H](O)[C@H](OC)[C@H]2OC)[C@H](OS(=O)(=O)O)[C@H]1OS(=O)(=O)O. The van der Waals surface area contributed by atoms with Gasteiger partial charge in [0.05, 0.1) is 6.61 Å². The van der Waals surface area contributed by atoms with Crippen LogP contribution in [0.15, 0.2) is 0 Å². The Hall–Kier alpha value is -1.20. The van der Waals surface area contributed by atoms with Gasteiger partial charge in [0.15, 0.2) is 24.8 Å². The summed E-state index contributed by atoms with van der Waals surface area (Å²) >= 11 is 0. The number of carboxylic acids is 1. The van der Waals surface area contributed by atoms with Crippen molar-refractivity contribution in [3.63, 3.8) is 0 Å². The number of aliphatic hydroxyl groups is 1. The van der Waals surface area contributed by atoms with Crippen molar-refractivity contribution in [2.75, 3.05) is 27.9 Å². The van der Waals surface area contributed by atoms with Crippen molar-refractivity contribution in [3.05, 3.63) is 0 Å². The van der Waals surface area contributed by atoms with Crippen LogP contribution in [0.1, 0.15) is 0 Å². The standard InChI is InChI=1S/C15H26O21S3/c1-28-8-6(16)9(13(17)18)34-15(11(8)29-2)33-7-5(4-31-37(19,20)21)32-14(30-3)12(36-39(25,26)27)10(7)35-38(22,23)24/h5-12,14-16H,4H2,1-3H3,(H,17,18)(H,19,20,21)(H,22,23,24)(H,25,26,27)/t5-,6+,7+,8+,9-,10+,11-,12-,14+,15+/m1/s1. The molecule has 0 amide bonds. The molecular weight excluding hydrogens is 612 g/mol. The van der Waals surface area contributed by atoms with Crippen LogP contribution >= 0.6 is 0 Å². The van der Waals surface area contributed by atoms with Crippen molar-refractivity contribution in [1.29, 1.82) is 0 Å². The molecule has 0 aromatic heterocycles. The number of hydrogen-bond acceptors (Lipinski definition) is 17. The highest BCUT2D eigenvalue weighted by Gasteiger charge is 2.56. The molecule has 0 spiro atoms. The van der Waals surface area contributed by atoms with Gasteiger partial charge in [-0.25, -0.2) is 17.3 Å². The highest BCUT2D eigenvalue weighted by molar-refractivity contribution is 7.81. The largest absolute Gasteiger partial charge is 0.479 e. The summed E-state index contributed by atoms with van der Waals surface area (Å²) in [5.74, 6) is -1.73. The van der Waals surface area contributed by atoms with E-state index in [-0.39, 0.29) is 0 Å². The fraction of sp³-hybridized carbons (Fsp3) is 0.933. The van der Waals surface area contributed by atoms with Crippen molar-refractivity contribution < 1.29 is 94.9 Å². The molecule has 0 bridgehead atoms. The van der Waals surface area contributed by atoms with Crippen LogP contribution in [0.25, 0.3) is 0 Å². The van der Waals surface area contributed by atoms with Crippen LogP contribution in [0.4, 0.5) is 0 Å². The molecule has 0 saturated carbocycles. The normalized spacial score (nSPS) is 36.5. The minimum atomic E-state index is -5.54. The fourth-order valence-corrected chi connectivity index (χ4v) is 5.11. The second-order valence-corrected chi connectivity index (χ2v) is 10.9. The third kappa shape index (κ3) is 9.42. The molecule has 2 aliphatic heterocycles. The van der Waals surface area contributed by atoms with E-state index >= 15 is 0 Å². The van der Waals surface area contributed by atoms with E-state index in [0.29, 0.717) is 0 Å². The smallest absolute Gasteiger partial charge is 0.397 e. The molecule has 0 radical (unpaired) electrons. The van der Waals surface area contributed by atoms with E-state index in [0.717, 1.165) is 21.3 Å². The Balaban J connectivity index is 2.63. The van der Waals surface area contributed by atoms with E-state index < -0.39 is 105 Å². The Bertz CT molecular complexity index is 1150. The first kappa shape index (κ1) is 34.0. The minimum absolute atomic E-state index is 0.866. The molecule has 2 heterocycles. The maximum atomic E-state index is 11.6.